The number of aromatic nitrogens is 2. The number of hydrogen-bond donors (Lipinski definition) is 1. The molecule has 1 N–H and O–H groups in total. The second-order valence-electron chi connectivity index (χ2n) is 7.41. The highest BCUT2D eigenvalue weighted by Gasteiger charge is 2.31. The summed E-state index contributed by atoms with van der Waals surface area (Å²) in [5.74, 6) is -0.637. The van der Waals surface area contributed by atoms with E-state index in [1.807, 2.05) is 19.9 Å². The highest BCUT2D eigenvalue weighted by atomic mass is 32.1. The summed E-state index contributed by atoms with van der Waals surface area (Å²) in [6.45, 7) is 3.84. The molecule has 0 saturated heterocycles. The van der Waals surface area contributed by atoms with Gasteiger partial charge in [-0.25, -0.2) is 4.98 Å². The molecule has 2 heterocycles. The molecular weight excluding hydrogens is 411 g/mol. The van der Waals surface area contributed by atoms with Gasteiger partial charge in [0.2, 0.25) is 5.91 Å². The number of hydrogen-bond acceptors (Lipinski definition) is 4. The summed E-state index contributed by atoms with van der Waals surface area (Å²) in [6, 6.07) is 8.70. The van der Waals surface area contributed by atoms with Crippen LogP contribution >= 0.6 is 11.3 Å². The van der Waals surface area contributed by atoms with Gasteiger partial charge >= 0.3 is 6.18 Å². The van der Waals surface area contributed by atoms with Crippen LogP contribution in [0.1, 0.15) is 46.2 Å². The summed E-state index contributed by atoms with van der Waals surface area (Å²) in [5, 5.41) is 3.43. The summed E-state index contributed by atoms with van der Waals surface area (Å²) in [6.07, 6.45) is -2.13. The van der Waals surface area contributed by atoms with Gasteiger partial charge in [0.15, 0.2) is 5.13 Å². The van der Waals surface area contributed by atoms with E-state index in [4.69, 9.17) is 0 Å². The zero-order valence-corrected chi connectivity index (χ0v) is 17.3. The minimum Gasteiger partial charge on any atom is -0.301 e. The van der Waals surface area contributed by atoms with Crippen LogP contribution in [-0.2, 0) is 17.4 Å². The van der Waals surface area contributed by atoms with Gasteiger partial charge in [0.25, 0.3) is 0 Å². The van der Waals surface area contributed by atoms with Crippen LogP contribution in [0.2, 0.25) is 0 Å². The fraction of sp³-hybridized carbons (Fsp3) is 0.318. The van der Waals surface area contributed by atoms with Crippen molar-refractivity contribution in [3.05, 3.63) is 63.8 Å². The monoisotopic (exact) mass is 431 g/mol. The first-order chi connectivity index (χ1) is 14.2. The lowest BCUT2D eigenvalue weighted by Crippen LogP contribution is -2.26. The van der Waals surface area contributed by atoms with E-state index in [-0.39, 0.29) is 5.91 Å². The van der Waals surface area contributed by atoms with Gasteiger partial charge in [-0.15, -0.1) is 11.3 Å². The lowest BCUT2D eigenvalue weighted by atomic mass is 9.85. The Kier molecular flexibility index (Phi) is 5.36. The molecule has 2 aromatic heterocycles. The highest BCUT2D eigenvalue weighted by molar-refractivity contribution is 7.15. The normalized spacial score (nSPS) is 16.2. The number of carbonyl (C=O) groups excluding carboxylic acids is 1. The number of nitrogens with one attached hydrogen (secondary N) is 1. The van der Waals surface area contributed by atoms with Crippen LogP contribution in [0.25, 0.3) is 11.3 Å². The molecule has 0 bridgehead atoms. The summed E-state index contributed by atoms with van der Waals surface area (Å²) in [7, 11) is 0. The Morgan fingerprint density at radius 1 is 1.17 bits per heavy atom. The molecule has 0 radical (unpaired) electrons. The Labute approximate surface area is 176 Å². The van der Waals surface area contributed by atoms with Crippen LogP contribution in [0.15, 0.2) is 36.4 Å². The molecule has 1 amide bonds. The third-order valence-corrected chi connectivity index (χ3v) is 6.33. The zero-order chi connectivity index (χ0) is 21.5. The van der Waals surface area contributed by atoms with Crippen LogP contribution in [-0.4, -0.2) is 15.9 Å². The number of thiazole rings is 1. The maximum atomic E-state index is 13.1. The molecule has 1 aromatic carbocycles. The molecule has 30 heavy (non-hydrogen) atoms. The number of aryl methyl sites for hydroxylation is 3. The molecule has 4 rings (SSSR count). The van der Waals surface area contributed by atoms with Crippen LogP contribution in [0.3, 0.4) is 0 Å². The topological polar surface area (TPSA) is 54.9 Å². The largest absolute Gasteiger partial charge is 0.416 e. The number of pyridine rings is 1. The summed E-state index contributed by atoms with van der Waals surface area (Å²) < 4.78 is 39.3. The first-order valence-electron chi connectivity index (χ1n) is 9.64. The Morgan fingerprint density at radius 3 is 2.67 bits per heavy atom. The predicted molar refractivity (Wildman–Crippen MR) is 111 cm³/mol. The van der Waals surface area contributed by atoms with Crippen molar-refractivity contribution in [2.75, 3.05) is 5.32 Å². The average Bonchev–Trinajstić information content (AvgIpc) is 3.03. The lowest BCUT2D eigenvalue weighted by molar-refractivity contribution is -0.137. The molecule has 1 aliphatic carbocycles. The molecule has 0 saturated carbocycles. The molecule has 4 nitrogen and oxygen atoms in total. The smallest absolute Gasteiger partial charge is 0.301 e. The fourth-order valence-corrected chi connectivity index (χ4v) is 4.46. The van der Waals surface area contributed by atoms with Crippen molar-refractivity contribution in [2.24, 2.45) is 0 Å². The Hall–Kier alpha value is -2.74. The van der Waals surface area contributed by atoms with Crippen molar-refractivity contribution >= 4 is 22.4 Å². The first-order valence-corrected chi connectivity index (χ1v) is 10.5. The van der Waals surface area contributed by atoms with E-state index in [0.717, 1.165) is 41.1 Å². The van der Waals surface area contributed by atoms with Crippen LogP contribution in [0.5, 0.6) is 0 Å². The number of halogens is 3. The summed E-state index contributed by atoms with van der Waals surface area (Å²) >= 11 is 1.42. The van der Waals surface area contributed by atoms with E-state index in [2.05, 4.69) is 15.3 Å². The van der Waals surface area contributed by atoms with Crippen molar-refractivity contribution in [1.82, 2.24) is 9.97 Å². The van der Waals surface area contributed by atoms with Crippen molar-refractivity contribution < 1.29 is 18.0 Å². The SMILES string of the molecule is Cc1nc(NC(=O)C2CCCc3ccc(-c4cccc(C(F)(F)F)c4)nc32)sc1C. The molecule has 0 aliphatic heterocycles. The van der Waals surface area contributed by atoms with E-state index >= 15 is 0 Å². The van der Waals surface area contributed by atoms with Gasteiger partial charge < -0.3 is 5.32 Å². The standard InChI is InChI=1S/C22H20F3N3OS/c1-12-13(2)30-21(26-12)28-20(29)17-8-4-5-14-9-10-18(27-19(14)17)15-6-3-7-16(11-15)22(23,24)25/h3,6-7,9-11,17H,4-5,8H2,1-2H3,(H,26,28,29). The van der Waals surface area contributed by atoms with Gasteiger partial charge in [-0.1, -0.05) is 18.2 Å². The van der Waals surface area contributed by atoms with E-state index in [0.29, 0.717) is 28.5 Å². The maximum Gasteiger partial charge on any atom is 0.416 e. The number of fused-ring (bicyclic) bond motifs is 1. The van der Waals surface area contributed by atoms with E-state index < -0.39 is 17.7 Å². The molecular formula is C22H20F3N3OS. The Morgan fingerprint density at radius 2 is 1.97 bits per heavy atom. The van der Waals surface area contributed by atoms with Gasteiger partial charge in [0.1, 0.15) is 0 Å². The maximum absolute atomic E-state index is 13.1. The summed E-state index contributed by atoms with van der Waals surface area (Å²) in [4.78, 5) is 23.0. The molecule has 0 fully saturated rings. The van der Waals surface area contributed by atoms with Crippen molar-refractivity contribution in [1.29, 1.82) is 0 Å². The third-order valence-electron chi connectivity index (χ3n) is 5.34. The first kappa shape index (κ1) is 20.5. The second kappa shape index (κ2) is 7.83. The quantitative estimate of drug-likeness (QED) is 0.562. The van der Waals surface area contributed by atoms with E-state index in [1.54, 1.807) is 12.1 Å². The van der Waals surface area contributed by atoms with Gasteiger partial charge in [-0.2, -0.15) is 13.2 Å². The molecule has 1 unspecified atom stereocenters. The van der Waals surface area contributed by atoms with Gasteiger partial charge in [-0.05, 0) is 56.9 Å². The molecule has 3 aromatic rings. The fourth-order valence-electron chi connectivity index (χ4n) is 3.64. The molecule has 8 heteroatoms. The van der Waals surface area contributed by atoms with Crippen LogP contribution in [0, 0.1) is 13.8 Å². The minimum atomic E-state index is -4.42. The van der Waals surface area contributed by atoms with Crippen molar-refractivity contribution in [2.45, 2.75) is 45.2 Å². The van der Waals surface area contributed by atoms with Gasteiger partial charge in [-0.3, -0.25) is 9.78 Å². The Bertz CT molecular complexity index is 1090. The number of anilines is 1. The third kappa shape index (κ3) is 4.09. The van der Waals surface area contributed by atoms with Crippen molar-refractivity contribution in [3.63, 3.8) is 0 Å². The predicted octanol–water partition coefficient (Wildman–Crippen LogP) is 5.90. The van der Waals surface area contributed by atoms with Crippen molar-refractivity contribution in [3.8, 4) is 11.3 Å². The molecule has 0 spiro atoms. The number of benzene rings is 1. The molecule has 1 aliphatic rings. The minimum absolute atomic E-state index is 0.182. The number of nitrogens with zero attached hydrogens (tertiary/aromatic N) is 2. The van der Waals surface area contributed by atoms with Gasteiger partial charge in [0.05, 0.1) is 28.6 Å². The lowest BCUT2D eigenvalue weighted by Gasteiger charge is -2.24. The van der Waals surface area contributed by atoms with Crippen LogP contribution in [0.4, 0.5) is 18.3 Å². The molecule has 156 valence electrons. The van der Waals surface area contributed by atoms with Gasteiger partial charge in [0, 0.05) is 10.4 Å². The summed E-state index contributed by atoms with van der Waals surface area (Å²) in [5.41, 5.74) is 2.57. The number of rotatable bonds is 3. The zero-order valence-electron chi connectivity index (χ0n) is 16.5. The molecule has 1 atom stereocenters. The highest BCUT2D eigenvalue weighted by Crippen LogP contribution is 2.35. The van der Waals surface area contributed by atoms with Crippen LogP contribution < -0.4 is 5.32 Å². The second-order valence-corrected chi connectivity index (χ2v) is 8.62. The average molecular weight is 431 g/mol. The Balaban J connectivity index is 1.65. The van der Waals surface area contributed by atoms with E-state index in [9.17, 15) is 18.0 Å². The number of amides is 1. The number of alkyl halides is 3. The number of carbonyl (C=O) groups is 1. The van der Waals surface area contributed by atoms with E-state index in [1.165, 1.54) is 17.4 Å².